The van der Waals surface area contributed by atoms with Crippen LogP contribution in [0, 0.1) is 0 Å². The van der Waals surface area contributed by atoms with Gasteiger partial charge < -0.3 is 15.0 Å². The number of aromatic nitrogens is 2. The first-order valence-electron chi connectivity index (χ1n) is 6.87. The fraction of sp³-hybridized carbons (Fsp3) is 0.846. The SMILES string of the molecule is CCC(CC)(CN)c1nc(C2CCOCC2)no1. The van der Waals surface area contributed by atoms with E-state index in [4.69, 9.17) is 15.0 Å². The molecule has 0 spiro atoms. The zero-order valence-corrected chi connectivity index (χ0v) is 11.3. The van der Waals surface area contributed by atoms with Crippen LogP contribution >= 0.6 is 0 Å². The summed E-state index contributed by atoms with van der Waals surface area (Å²) < 4.78 is 10.8. The van der Waals surface area contributed by atoms with Crippen molar-refractivity contribution in [3.05, 3.63) is 11.7 Å². The number of hydrogen-bond acceptors (Lipinski definition) is 5. The maximum atomic E-state index is 5.90. The fourth-order valence-electron chi connectivity index (χ4n) is 2.50. The molecule has 2 N–H and O–H groups in total. The summed E-state index contributed by atoms with van der Waals surface area (Å²) in [4.78, 5) is 4.61. The predicted molar refractivity (Wildman–Crippen MR) is 68.4 cm³/mol. The van der Waals surface area contributed by atoms with Crippen LogP contribution in [0.5, 0.6) is 0 Å². The van der Waals surface area contributed by atoms with Crippen LogP contribution in [0.4, 0.5) is 0 Å². The zero-order chi connectivity index (χ0) is 13.0. The minimum atomic E-state index is -0.156. The molecule has 0 saturated carbocycles. The second-order valence-corrected chi connectivity index (χ2v) is 5.04. The Kier molecular flexibility index (Phi) is 4.35. The highest BCUT2D eigenvalue weighted by Crippen LogP contribution is 2.31. The van der Waals surface area contributed by atoms with Crippen molar-refractivity contribution >= 4 is 0 Å². The molecule has 0 unspecified atom stereocenters. The summed E-state index contributed by atoms with van der Waals surface area (Å²) in [5.74, 6) is 1.91. The van der Waals surface area contributed by atoms with Gasteiger partial charge in [-0.1, -0.05) is 19.0 Å². The van der Waals surface area contributed by atoms with Gasteiger partial charge in [0.05, 0.1) is 5.41 Å². The predicted octanol–water partition coefficient (Wildman–Crippen LogP) is 1.98. The summed E-state index contributed by atoms with van der Waals surface area (Å²) in [6, 6.07) is 0. The molecular formula is C13H23N3O2. The number of nitrogens with zero attached hydrogens (tertiary/aromatic N) is 2. The molecule has 0 aliphatic carbocycles. The standard InChI is InChI=1S/C13H23N3O2/c1-3-13(4-2,9-14)12-15-11(16-18-12)10-5-7-17-8-6-10/h10H,3-9,14H2,1-2H3. The van der Waals surface area contributed by atoms with Crippen LogP contribution in [0.3, 0.4) is 0 Å². The van der Waals surface area contributed by atoms with Gasteiger partial charge in [0.1, 0.15) is 0 Å². The first-order chi connectivity index (χ1) is 8.75. The normalized spacial score (nSPS) is 18.2. The van der Waals surface area contributed by atoms with Gasteiger partial charge in [0.15, 0.2) is 5.82 Å². The smallest absolute Gasteiger partial charge is 0.234 e. The summed E-state index contributed by atoms with van der Waals surface area (Å²) >= 11 is 0. The van der Waals surface area contributed by atoms with E-state index in [1.807, 2.05) is 0 Å². The van der Waals surface area contributed by atoms with E-state index in [1.165, 1.54) is 0 Å². The summed E-state index contributed by atoms with van der Waals surface area (Å²) in [5, 5.41) is 4.15. The van der Waals surface area contributed by atoms with Crippen molar-refractivity contribution in [2.75, 3.05) is 19.8 Å². The van der Waals surface area contributed by atoms with Crippen LogP contribution in [0.2, 0.25) is 0 Å². The van der Waals surface area contributed by atoms with Gasteiger partial charge in [-0.25, -0.2) is 0 Å². The average Bonchev–Trinajstić information content (AvgIpc) is 2.93. The Morgan fingerprint density at radius 3 is 2.50 bits per heavy atom. The maximum Gasteiger partial charge on any atom is 0.234 e. The summed E-state index contributed by atoms with van der Waals surface area (Å²) in [7, 11) is 0. The van der Waals surface area contributed by atoms with E-state index in [-0.39, 0.29) is 5.41 Å². The Morgan fingerprint density at radius 2 is 1.94 bits per heavy atom. The van der Waals surface area contributed by atoms with E-state index < -0.39 is 0 Å². The number of hydrogen-bond donors (Lipinski definition) is 1. The van der Waals surface area contributed by atoms with Gasteiger partial charge in [0.25, 0.3) is 0 Å². The van der Waals surface area contributed by atoms with Crippen LogP contribution in [-0.4, -0.2) is 29.9 Å². The second kappa shape index (κ2) is 5.80. The molecule has 1 fully saturated rings. The molecule has 2 rings (SSSR count). The Labute approximate surface area is 108 Å². The molecule has 1 aromatic rings. The minimum Gasteiger partial charge on any atom is -0.381 e. The van der Waals surface area contributed by atoms with E-state index >= 15 is 0 Å². The minimum absolute atomic E-state index is 0.156. The van der Waals surface area contributed by atoms with E-state index in [0.29, 0.717) is 18.4 Å². The third-order valence-corrected chi connectivity index (χ3v) is 4.23. The van der Waals surface area contributed by atoms with Crippen molar-refractivity contribution in [1.82, 2.24) is 10.1 Å². The molecule has 1 saturated heterocycles. The van der Waals surface area contributed by atoms with Crippen molar-refractivity contribution < 1.29 is 9.26 Å². The van der Waals surface area contributed by atoms with E-state index in [2.05, 4.69) is 24.0 Å². The van der Waals surface area contributed by atoms with Gasteiger partial charge >= 0.3 is 0 Å². The van der Waals surface area contributed by atoms with Crippen LogP contribution in [0.15, 0.2) is 4.52 Å². The molecule has 18 heavy (non-hydrogen) atoms. The molecule has 102 valence electrons. The molecule has 0 atom stereocenters. The number of ether oxygens (including phenoxy) is 1. The lowest BCUT2D eigenvalue weighted by molar-refractivity contribution is 0.0830. The monoisotopic (exact) mass is 253 g/mol. The van der Waals surface area contributed by atoms with Crippen molar-refractivity contribution in [3.63, 3.8) is 0 Å². The fourth-order valence-corrected chi connectivity index (χ4v) is 2.50. The van der Waals surface area contributed by atoms with Crippen molar-refractivity contribution in [2.24, 2.45) is 5.73 Å². The summed E-state index contributed by atoms with van der Waals surface area (Å²) in [6.45, 7) is 6.37. The Bertz CT molecular complexity index is 360. The Balaban J connectivity index is 2.18. The molecule has 0 bridgehead atoms. The number of nitrogens with two attached hydrogens (primary N) is 1. The molecule has 5 heteroatoms. The molecular weight excluding hydrogens is 230 g/mol. The first kappa shape index (κ1) is 13.5. The summed E-state index contributed by atoms with van der Waals surface area (Å²) in [6.07, 6.45) is 3.81. The highest BCUT2D eigenvalue weighted by Gasteiger charge is 2.34. The highest BCUT2D eigenvalue weighted by molar-refractivity contribution is 5.07. The molecule has 0 aromatic carbocycles. The lowest BCUT2D eigenvalue weighted by Crippen LogP contribution is -2.34. The van der Waals surface area contributed by atoms with Gasteiger partial charge in [-0.15, -0.1) is 0 Å². The van der Waals surface area contributed by atoms with Crippen molar-refractivity contribution in [2.45, 2.75) is 50.9 Å². The van der Waals surface area contributed by atoms with Gasteiger partial charge in [0, 0.05) is 25.7 Å². The molecule has 0 amide bonds. The lowest BCUT2D eigenvalue weighted by Gasteiger charge is -2.25. The Hall–Kier alpha value is -0.940. The van der Waals surface area contributed by atoms with Gasteiger partial charge in [0.2, 0.25) is 5.89 Å². The zero-order valence-electron chi connectivity index (χ0n) is 11.3. The van der Waals surface area contributed by atoms with Crippen molar-refractivity contribution in [3.8, 4) is 0 Å². The maximum absolute atomic E-state index is 5.90. The van der Waals surface area contributed by atoms with E-state index in [1.54, 1.807) is 0 Å². The molecule has 1 aromatic heterocycles. The van der Waals surface area contributed by atoms with Gasteiger partial charge in [-0.3, -0.25) is 0 Å². The van der Waals surface area contributed by atoms with Crippen LogP contribution < -0.4 is 5.73 Å². The molecule has 5 nitrogen and oxygen atoms in total. The topological polar surface area (TPSA) is 74.2 Å². The third kappa shape index (κ3) is 2.42. The molecule has 0 radical (unpaired) electrons. The third-order valence-electron chi connectivity index (χ3n) is 4.23. The van der Waals surface area contributed by atoms with E-state index in [0.717, 1.165) is 44.7 Å². The first-order valence-corrected chi connectivity index (χ1v) is 6.87. The van der Waals surface area contributed by atoms with E-state index in [9.17, 15) is 0 Å². The largest absolute Gasteiger partial charge is 0.381 e. The lowest BCUT2D eigenvalue weighted by atomic mass is 9.82. The second-order valence-electron chi connectivity index (χ2n) is 5.04. The molecule has 2 heterocycles. The van der Waals surface area contributed by atoms with Gasteiger partial charge in [-0.05, 0) is 25.7 Å². The number of rotatable bonds is 5. The van der Waals surface area contributed by atoms with Crippen molar-refractivity contribution in [1.29, 1.82) is 0 Å². The summed E-state index contributed by atoms with van der Waals surface area (Å²) in [5.41, 5.74) is 5.74. The van der Waals surface area contributed by atoms with Crippen LogP contribution in [0.25, 0.3) is 0 Å². The van der Waals surface area contributed by atoms with Crippen LogP contribution in [-0.2, 0) is 10.2 Å². The Morgan fingerprint density at radius 1 is 1.28 bits per heavy atom. The molecule has 1 aliphatic rings. The average molecular weight is 253 g/mol. The molecule has 1 aliphatic heterocycles. The van der Waals surface area contributed by atoms with Crippen LogP contribution in [0.1, 0.15) is 57.2 Å². The quantitative estimate of drug-likeness (QED) is 0.868. The highest BCUT2D eigenvalue weighted by atomic mass is 16.5. The van der Waals surface area contributed by atoms with Gasteiger partial charge in [-0.2, -0.15) is 4.98 Å².